The third-order valence-electron chi connectivity index (χ3n) is 0.938. The molecule has 0 aliphatic rings. The second-order valence-corrected chi connectivity index (χ2v) is 2.56. The number of hydrogen-bond donors (Lipinski definition) is 2. The minimum absolute atomic E-state index is 0.359. The molecule has 0 saturated carbocycles. The molecule has 21 heavy (non-hydrogen) atoms. The number of carbonyl (C=O) groups is 3. The predicted molar refractivity (Wildman–Crippen MR) is 54.2 cm³/mol. The summed E-state index contributed by atoms with van der Waals surface area (Å²) in [5.74, 6) is -5.87. The molecular formula is C9H10F6O6. The molecule has 0 saturated heterocycles. The van der Waals surface area contributed by atoms with Crippen LogP contribution in [0.5, 0.6) is 0 Å². The number of carboxylic acids is 2. The largest absolute Gasteiger partial charge is 0.490 e. The first kappa shape index (κ1) is 23.8. The van der Waals surface area contributed by atoms with Crippen LogP contribution in [-0.4, -0.2) is 47.1 Å². The van der Waals surface area contributed by atoms with E-state index in [1.807, 2.05) is 0 Å². The molecule has 0 unspecified atom stereocenters. The molecule has 6 nitrogen and oxygen atoms in total. The van der Waals surface area contributed by atoms with Crippen molar-refractivity contribution in [3.63, 3.8) is 0 Å². The van der Waals surface area contributed by atoms with Crippen LogP contribution in [0.4, 0.5) is 26.3 Å². The number of esters is 1. The van der Waals surface area contributed by atoms with Crippen molar-refractivity contribution < 1.29 is 55.7 Å². The van der Waals surface area contributed by atoms with Crippen molar-refractivity contribution >= 4 is 17.9 Å². The van der Waals surface area contributed by atoms with Crippen LogP contribution in [0.15, 0.2) is 12.7 Å². The van der Waals surface area contributed by atoms with Gasteiger partial charge in [-0.3, -0.25) is 0 Å². The predicted octanol–water partition coefficient (Wildman–Crippen LogP) is 2.00. The van der Waals surface area contributed by atoms with Gasteiger partial charge in [-0.25, -0.2) is 14.4 Å². The van der Waals surface area contributed by atoms with Crippen LogP contribution in [0.25, 0.3) is 0 Å². The lowest BCUT2D eigenvalue weighted by atomic mass is 10.6. The van der Waals surface area contributed by atoms with E-state index < -0.39 is 24.3 Å². The molecule has 0 amide bonds. The van der Waals surface area contributed by atoms with Gasteiger partial charge in [-0.2, -0.15) is 26.3 Å². The Kier molecular flexibility index (Phi) is 11.9. The maximum atomic E-state index is 10.6. The fraction of sp³-hybridized carbons (Fsp3) is 0.444. The Morgan fingerprint density at radius 1 is 1.00 bits per heavy atom. The van der Waals surface area contributed by atoms with Crippen LogP contribution in [0.3, 0.4) is 0 Å². The average molecular weight is 328 g/mol. The SMILES string of the molecule is C=CC(=O)OCC.O=C(O)C(F)(F)F.O=C(O)C(F)(F)F. The van der Waals surface area contributed by atoms with Crippen molar-refractivity contribution in [3.05, 3.63) is 12.7 Å². The minimum atomic E-state index is -5.08. The van der Waals surface area contributed by atoms with E-state index in [0.29, 0.717) is 6.61 Å². The fourth-order valence-corrected chi connectivity index (χ4v) is 0.201. The quantitative estimate of drug-likeness (QED) is 0.457. The number of ether oxygens (including phenoxy) is 1. The molecule has 0 aliphatic heterocycles. The Morgan fingerprint density at radius 2 is 1.24 bits per heavy atom. The van der Waals surface area contributed by atoms with Crippen LogP contribution >= 0.6 is 0 Å². The molecule has 0 aliphatic carbocycles. The number of hydrogen-bond acceptors (Lipinski definition) is 4. The smallest absolute Gasteiger partial charge is 0.475 e. The van der Waals surface area contributed by atoms with Gasteiger partial charge in [-0.1, -0.05) is 6.58 Å². The Bertz CT molecular complexity index is 335. The van der Waals surface area contributed by atoms with Gasteiger partial charge >= 0.3 is 30.3 Å². The highest BCUT2D eigenvalue weighted by atomic mass is 19.4. The van der Waals surface area contributed by atoms with Gasteiger partial charge in [-0.05, 0) is 6.92 Å². The standard InChI is InChI=1S/C5H8O2.2C2HF3O2/c1-3-5(6)7-4-2;2*3-2(4,5)1(6)7/h3H,1,4H2,2H3;2*(H,6,7). The van der Waals surface area contributed by atoms with Crippen molar-refractivity contribution in [1.29, 1.82) is 0 Å². The van der Waals surface area contributed by atoms with Gasteiger partial charge in [0.05, 0.1) is 6.61 Å². The highest BCUT2D eigenvalue weighted by molar-refractivity contribution is 5.81. The van der Waals surface area contributed by atoms with Gasteiger partial charge in [0.2, 0.25) is 0 Å². The van der Waals surface area contributed by atoms with Crippen molar-refractivity contribution in [2.24, 2.45) is 0 Å². The Balaban J connectivity index is -0.000000231. The second-order valence-electron chi connectivity index (χ2n) is 2.56. The lowest BCUT2D eigenvalue weighted by Gasteiger charge is -1.93. The van der Waals surface area contributed by atoms with E-state index in [4.69, 9.17) is 19.8 Å². The average Bonchev–Trinajstić information content (AvgIpc) is 2.28. The van der Waals surface area contributed by atoms with Gasteiger partial charge in [0.1, 0.15) is 0 Å². The zero-order chi connectivity index (χ0) is 17.9. The summed E-state index contributed by atoms with van der Waals surface area (Å²) in [6.07, 6.45) is -9.02. The zero-order valence-corrected chi connectivity index (χ0v) is 10.3. The van der Waals surface area contributed by atoms with Crippen LogP contribution in [-0.2, 0) is 19.1 Å². The number of rotatable bonds is 2. The first-order chi connectivity index (χ1) is 9.19. The van der Waals surface area contributed by atoms with E-state index in [9.17, 15) is 31.1 Å². The summed E-state index contributed by atoms with van der Waals surface area (Å²) >= 11 is 0. The maximum absolute atomic E-state index is 10.6. The van der Waals surface area contributed by atoms with E-state index >= 15 is 0 Å². The van der Waals surface area contributed by atoms with Crippen LogP contribution in [0, 0.1) is 0 Å². The van der Waals surface area contributed by atoms with Gasteiger partial charge in [0, 0.05) is 6.08 Å². The van der Waals surface area contributed by atoms with Crippen molar-refractivity contribution in [2.45, 2.75) is 19.3 Å². The first-order valence-electron chi connectivity index (χ1n) is 4.59. The number of carboxylic acid groups (broad SMARTS) is 2. The van der Waals surface area contributed by atoms with E-state index in [1.165, 1.54) is 0 Å². The first-order valence-corrected chi connectivity index (χ1v) is 4.59. The molecule has 0 aromatic heterocycles. The van der Waals surface area contributed by atoms with E-state index in [1.54, 1.807) is 6.92 Å². The molecular weight excluding hydrogens is 318 g/mol. The summed E-state index contributed by atoms with van der Waals surface area (Å²) in [6, 6.07) is 0. The molecule has 0 bridgehead atoms. The number of carbonyl (C=O) groups excluding carboxylic acids is 1. The highest BCUT2D eigenvalue weighted by Gasteiger charge is 2.38. The molecule has 0 aromatic carbocycles. The summed E-state index contributed by atoms with van der Waals surface area (Å²) in [4.78, 5) is 27.9. The molecule has 0 rings (SSSR count). The van der Waals surface area contributed by atoms with E-state index in [-0.39, 0.29) is 5.97 Å². The molecule has 0 atom stereocenters. The summed E-state index contributed by atoms with van der Waals surface area (Å²) in [6.45, 7) is 5.38. The lowest BCUT2D eigenvalue weighted by Crippen LogP contribution is -2.21. The van der Waals surface area contributed by atoms with Gasteiger partial charge in [-0.15, -0.1) is 0 Å². The maximum Gasteiger partial charge on any atom is 0.490 e. The van der Waals surface area contributed by atoms with E-state index in [2.05, 4.69) is 11.3 Å². The fourth-order valence-electron chi connectivity index (χ4n) is 0.201. The van der Waals surface area contributed by atoms with E-state index in [0.717, 1.165) is 6.08 Å². The Morgan fingerprint density at radius 3 is 1.29 bits per heavy atom. The van der Waals surface area contributed by atoms with Crippen LogP contribution in [0.1, 0.15) is 6.92 Å². The summed E-state index contributed by atoms with van der Waals surface area (Å²) in [7, 11) is 0. The Labute approximate surface area is 113 Å². The highest BCUT2D eigenvalue weighted by Crippen LogP contribution is 2.13. The number of aliphatic carboxylic acids is 2. The van der Waals surface area contributed by atoms with Gasteiger partial charge < -0.3 is 14.9 Å². The molecule has 124 valence electrons. The van der Waals surface area contributed by atoms with Crippen LogP contribution in [0.2, 0.25) is 0 Å². The number of alkyl halides is 6. The third kappa shape index (κ3) is 20.2. The van der Waals surface area contributed by atoms with Crippen molar-refractivity contribution in [1.82, 2.24) is 0 Å². The van der Waals surface area contributed by atoms with Gasteiger partial charge in [0.25, 0.3) is 0 Å². The normalized spacial score (nSPS) is 10.0. The molecule has 0 aromatic rings. The zero-order valence-electron chi connectivity index (χ0n) is 10.3. The van der Waals surface area contributed by atoms with Crippen molar-refractivity contribution in [2.75, 3.05) is 6.61 Å². The molecule has 0 radical (unpaired) electrons. The second kappa shape index (κ2) is 10.5. The topological polar surface area (TPSA) is 101 Å². The summed E-state index contributed by atoms with van der Waals surface area (Å²) in [5, 5.41) is 14.2. The molecule has 0 spiro atoms. The molecule has 2 N–H and O–H groups in total. The van der Waals surface area contributed by atoms with Crippen molar-refractivity contribution in [3.8, 4) is 0 Å². The summed E-state index contributed by atoms with van der Waals surface area (Å²) < 4.78 is 67.9. The lowest BCUT2D eigenvalue weighted by molar-refractivity contribution is -0.193. The molecule has 12 heteroatoms. The van der Waals surface area contributed by atoms with Gasteiger partial charge in [0.15, 0.2) is 0 Å². The number of halogens is 6. The summed E-state index contributed by atoms with van der Waals surface area (Å²) in [5.41, 5.74) is 0. The Hall–Kier alpha value is -2.27. The van der Waals surface area contributed by atoms with Crippen LogP contribution < -0.4 is 0 Å². The molecule has 0 heterocycles. The molecule has 0 fully saturated rings. The monoisotopic (exact) mass is 328 g/mol. The third-order valence-corrected chi connectivity index (χ3v) is 0.938. The minimum Gasteiger partial charge on any atom is -0.475 e.